The molecule has 0 aliphatic carbocycles. The average Bonchev–Trinajstić information content (AvgIpc) is 2.49. The topological polar surface area (TPSA) is 109 Å². The highest BCUT2D eigenvalue weighted by atomic mass is 35.5. The van der Waals surface area contributed by atoms with Gasteiger partial charge in [0.1, 0.15) is 4.84 Å². The third-order valence-corrected chi connectivity index (χ3v) is 1.22. The van der Waals surface area contributed by atoms with Crippen LogP contribution in [-0.2, 0) is 14.2 Å². The van der Waals surface area contributed by atoms with Gasteiger partial charge in [0.2, 0.25) is 0 Å². The largest absolute Gasteiger partial charge is 0.400 e. The van der Waals surface area contributed by atoms with Crippen LogP contribution in [0.3, 0.4) is 0 Å². The van der Waals surface area contributed by atoms with E-state index in [1.165, 1.54) is 0 Å². The zero-order valence-corrected chi connectivity index (χ0v) is 14.5. The van der Waals surface area contributed by atoms with E-state index in [4.69, 9.17) is 57.8 Å². The fourth-order valence-electron chi connectivity index (χ4n) is 0.671. The first-order chi connectivity index (χ1) is 10.1. The van der Waals surface area contributed by atoms with Gasteiger partial charge in [0, 0.05) is 14.2 Å². The Kier molecular flexibility index (Phi) is 51.6. The molecule has 7 nitrogen and oxygen atoms in total. The van der Waals surface area contributed by atoms with Crippen LogP contribution in [0.1, 0.15) is 6.92 Å². The second-order valence-corrected chi connectivity index (χ2v) is 4.34. The van der Waals surface area contributed by atoms with E-state index in [1.807, 2.05) is 0 Å². The SMILES string of the molecule is CC(Cl)Cl.CO.CO.OCCOCCOCCOCCO. The summed E-state index contributed by atoms with van der Waals surface area (Å²) in [5.74, 6) is 0. The van der Waals surface area contributed by atoms with Gasteiger partial charge in [-0.1, -0.05) is 0 Å². The second-order valence-electron chi connectivity index (χ2n) is 2.80. The summed E-state index contributed by atoms with van der Waals surface area (Å²) in [6.07, 6.45) is 0. The van der Waals surface area contributed by atoms with Crippen LogP contribution in [-0.4, -0.2) is 92.3 Å². The lowest BCUT2D eigenvalue weighted by Crippen LogP contribution is -2.11. The summed E-state index contributed by atoms with van der Waals surface area (Å²) in [6.45, 7) is 4.46. The molecule has 0 radical (unpaired) electrons. The Hall–Kier alpha value is 0.300. The number of ether oxygens (including phenoxy) is 3. The van der Waals surface area contributed by atoms with Gasteiger partial charge in [-0.2, -0.15) is 0 Å². The third kappa shape index (κ3) is 64.1. The van der Waals surface area contributed by atoms with Gasteiger partial charge in [-0.25, -0.2) is 0 Å². The molecule has 0 aromatic heterocycles. The van der Waals surface area contributed by atoms with E-state index in [0.29, 0.717) is 39.6 Å². The lowest BCUT2D eigenvalue weighted by atomic mass is 10.7. The van der Waals surface area contributed by atoms with Crippen molar-refractivity contribution in [2.24, 2.45) is 0 Å². The standard InChI is InChI=1S/C8H18O5.C2H4Cl2.2CH4O/c9-1-3-11-5-7-13-8-6-12-4-2-10;1-2(3)4;2*1-2/h9-10H,1-8H2;2H,1H3;2*2H,1H3. The minimum absolute atomic E-state index is 0.0413. The number of aliphatic hydroxyl groups is 4. The maximum atomic E-state index is 8.36. The molecule has 0 bridgehead atoms. The molecule has 0 aromatic carbocycles. The number of alkyl halides is 2. The quantitative estimate of drug-likeness (QED) is 0.323. The summed E-state index contributed by atoms with van der Waals surface area (Å²) < 4.78 is 15.0. The van der Waals surface area contributed by atoms with Crippen molar-refractivity contribution in [2.45, 2.75) is 11.8 Å². The smallest absolute Gasteiger partial charge is 0.105 e. The summed E-state index contributed by atoms with van der Waals surface area (Å²) in [4.78, 5) is -0.222. The average molecular weight is 357 g/mol. The molecular weight excluding hydrogens is 327 g/mol. The maximum absolute atomic E-state index is 8.36. The Morgan fingerprint density at radius 1 is 0.667 bits per heavy atom. The molecule has 0 fully saturated rings. The molecule has 4 N–H and O–H groups in total. The molecule has 0 aliphatic heterocycles. The lowest BCUT2D eigenvalue weighted by Gasteiger charge is -2.04. The van der Waals surface area contributed by atoms with Gasteiger partial charge < -0.3 is 34.6 Å². The number of hydrogen-bond donors (Lipinski definition) is 4. The Morgan fingerprint density at radius 3 is 1.05 bits per heavy atom. The number of rotatable bonds is 10. The van der Waals surface area contributed by atoms with Crippen LogP contribution in [0.4, 0.5) is 0 Å². The van der Waals surface area contributed by atoms with Crippen molar-refractivity contribution in [1.82, 2.24) is 0 Å². The van der Waals surface area contributed by atoms with E-state index >= 15 is 0 Å². The van der Waals surface area contributed by atoms with Gasteiger partial charge >= 0.3 is 0 Å². The molecule has 0 atom stereocenters. The highest BCUT2D eigenvalue weighted by Crippen LogP contribution is 1.95. The first kappa shape index (κ1) is 29.3. The Balaban J connectivity index is -0.000000151. The van der Waals surface area contributed by atoms with E-state index in [1.54, 1.807) is 6.92 Å². The molecule has 9 heteroatoms. The predicted molar refractivity (Wildman–Crippen MR) is 84.1 cm³/mol. The first-order valence-corrected chi connectivity index (χ1v) is 7.15. The molecule has 0 amide bonds. The van der Waals surface area contributed by atoms with Gasteiger partial charge in [0.25, 0.3) is 0 Å². The molecule has 0 spiro atoms. The molecule has 0 saturated carbocycles. The summed E-state index contributed by atoms with van der Waals surface area (Å²) in [5.41, 5.74) is 0. The minimum Gasteiger partial charge on any atom is -0.400 e. The fraction of sp³-hybridized carbons (Fsp3) is 1.00. The second kappa shape index (κ2) is 37.0. The van der Waals surface area contributed by atoms with Crippen molar-refractivity contribution in [3.63, 3.8) is 0 Å². The van der Waals surface area contributed by atoms with E-state index in [0.717, 1.165) is 14.2 Å². The zero-order valence-electron chi connectivity index (χ0n) is 13.0. The van der Waals surface area contributed by atoms with Crippen LogP contribution in [0.25, 0.3) is 0 Å². The highest BCUT2D eigenvalue weighted by molar-refractivity contribution is 6.43. The van der Waals surface area contributed by atoms with E-state index in [9.17, 15) is 0 Å². The van der Waals surface area contributed by atoms with Gasteiger partial charge in [-0.05, 0) is 6.92 Å². The molecular formula is C12H30Cl2O7. The molecule has 0 aliphatic rings. The van der Waals surface area contributed by atoms with Crippen LogP contribution in [0.15, 0.2) is 0 Å². The first-order valence-electron chi connectivity index (χ1n) is 6.27. The van der Waals surface area contributed by atoms with Crippen LogP contribution in [0, 0.1) is 0 Å². The molecule has 134 valence electrons. The summed E-state index contributed by atoms with van der Waals surface area (Å²) >= 11 is 10.1. The van der Waals surface area contributed by atoms with E-state index in [-0.39, 0.29) is 18.1 Å². The van der Waals surface area contributed by atoms with Crippen molar-refractivity contribution < 1.29 is 34.6 Å². The number of aliphatic hydroxyl groups excluding tert-OH is 4. The van der Waals surface area contributed by atoms with Crippen LogP contribution >= 0.6 is 23.2 Å². The molecule has 0 aromatic rings. The molecule has 0 unspecified atom stereocenters. The van der Waals surface area contributed by atoms with E-state index < -0.39 is 0 Å². The lowest BCUT2D eigenvalue weighted by molar-refractivity contribution is 0.00230. The molecule has 0 saturated heterocycles. The summed E-state index contributed by atoms with van der Waals surface area (Å²) in [6, 6.07) is 0. The van der Waals surface area contributed by atoms with Crippen LogP contribution in [0.2, 0.25) is 0 Å². The highest BCUT2D eigenvalue weighted by Gasteiger charge is 1.89. The normalized spacial score (nSPS) is 8.86. The third-order valence-electron chi connectivity index (χ3n) is 1.22. The number of hydrogen-bond acceptors (Lipinski definition) is 7. The Morgan fingerprint density at radius 2 is 0.857 bits per heavy atom. The van der Waals surface area contributed by atoms with Crippen LogP contribution in [0.5, 0.6) is 0 Å². The van der Waals surface area contributed by atoms with Crippen LogP contribution < -0.4 is 0 Å². The number of halogens is 2. The zero-order chi connectivity index (χ0) is 17.4. The van der Waals surface area contributed by atoms with Crippen molar-refractivity contribution in [1.29, 1.82) is 0 Å². The van der Waals surface area contributed by atoms with Gasteiger partial charge in [-0.3, -0.25) is 0 Å². The van der Waals surface area contributed by atoms with Gasteiger partial charge in [0.15, 0.2) is 0 Å². The van der Waals surface area contributed by atoms with Crippen molar-refractivity contribution >= 4 is 23.2 Å². The molecule has 21 heavy (non-hydrogen) atoms. The monoisotopic (exact) mass is 356 g/mol. The summed E-state index contributed by atoms with van der Waals surface area (Å²) in [7, 11) is 2.00. The van der Waals surface area contributed by atoms with Crippen molar-refractivity contribution in [3.8, 4) is 0 Å². The summed E-state index contributed by atoms with van der Waals surface area (Å²) in [5, 5.41) is 30.7. The Bertz CT molecular complexity index is 119. The van der Waals surface area contributed by atoms with E-state index in [2.05, 4.69) is 0 Å². The molecule has 0 rings (SSSR count). The van der Waals surface area contributed by atoms with Gasteiger partial charge in [-0.15, -0.1) is 23.2 Å². The fourth-order valence-corrected chi connectivity index (χ4v) is 0.671. The van der Waals surface area contributed by atoms with Gasteiger partial charge in [0.05, 0.1) is 52.9 Å². The maximum Gasteiger partial charge on any atom is 0.105 e. The predicted octanol–water partition coefficient (Wildman–Crippen LogP) is 0.0478. The Labute approximate surface area is 137 Å². The van der Waals surface area contributed by atoms with Crippen molar-refractivity contribution in [3.05, 3.63) is 0 Å². The minimum atomic E-state index is -0.222. The van der Waals surface area contributed by atoms with Crippen molar-refractivity contribution in [2.75, 3.05) is 67.1 Å². The molecule has 0 heterocycles.